The van der Waals surface area contributed by atoms with Gasteiger partial charge in [0, 0.05) is 43.8 Å². The van der Waals surface area contributed by atoms with Crippen LogP contribution in [0.4, 0.5) is 0 Å². The van der Waals surface area contributed by atoms with Gasteiger partial charge in [-0.05, 0) is 19.1 Å². The Bertz CT molecular complexity index is 342. The van der Waals surface area contributed by atoms with Gasteiger partial charge in [0.2, 0.25) is 0 Å². The van der Waals surface area contributed by atoms with E-state index >= 15 is 0 Å². The van der Waals surface area contributed by atoms with Crippen LogP contribution >= 0.6 is 0 Å². The highest BCUT2D eigenvalue weighted by molar-refractivity contribution is 6.08. The fourth-order valence-electron chi connectivity index (χ4n) is 1.18. The van der Waals surface area contributed by atoms with Gasteiger partial charge >= 0.3 is 0 Å². The summed E-state index contributed by atoms with van der Waals surface area (Å²) in [5.74, 6) is 0.0427. The largest absolute Gasteiger partial charge is 0.383 e. The lowest BCUT2D eigenvalue weighted by atomic mass is 10.1. The molecule has 0 N–H and O–H groups in total. The first kappa shape index (κ1) is 10.4. The molecule has 0 amide bonds. The second-order valence-electron chi connectivity index (χ2n) is 3.34. The summed E-state index contributed by atoms with van der Waals surface area (Å²) in [7, 11) is 3.78. The Morgan fingerprint density at radius 1 is 1.36 bits per heavy atom. The predicted octanol–water partition coefficient (Wildman–Crippen LogP) is 1.73. The molecule has 0 saturated heterocycles. The highest BCUT2D eigenvalue weighted by Gasteiger charge is 2.06. The van der Waals surface area contributed by atoms with Crippen LogP contribution in [0.3, 0.4) is 0 Å². The monoisotopic (exact) mass is 190 g/mol. The molecule has 0 aliphatic carbocycles. The molecule has 0 aliphatic rings. The Morgan fingerprint density at radius 2 is 1.93 bits per heavy atom. The van der Waals surface area contributed by atoms with Gasteiger partial charge in [0.15, 0.2) is 5.78 Å². The Kier molecular flexibility index (Phi) is 3.40. The Hall–Kier alpha value is -1.64. The molecule has 1 aromatic heterocycles. The van der Waals surface area contributed by atoms with Crippen LogP contribution in [0, 0.1) is 0 Å². The molecule has 1 aromatic rings. The number of pyridine rings is 1. The molecule has 3 nitrogen and oxygen atoms in total. The molecule has 1 heterocycles. The number of hydrogen-bond donors (Lipinski definition) is 0. The first-order chi connectivity index (χ1) is 6.61. The van der Waals surface area contributed by atoms with Crippen molar-refractivity contribution in [2.45, 2.75) is 6.92 Å². The second-order valence-corrected chi connectivity index (χ2v) is 3.34. The summed E-state index contributed by atoms with van der Waals surface area (Å²) in [6.45, 7) is 1.81. The maximum absolute atomic E-state index is 11.8. The number of Topliss-reactive ketones (excluding diaryl/α,β-unsaturated/α-hetero) is 1. The molecular formula is C11H14N2O. The van der Waals surface area contributed by atoms with Crippen molar-refractivity contribution in [1.29, 1.82) is 0 Å². The van der Waals surface area contributed by atoms with E-state index in [-0.39, 0.29) is 5.78 Å². The molecule has 14 heavy (non-hydrogen) atoms. The summed E-state index contributed by atoms with van der Waals surface area (Å²) in [5.41, 5.74) is 1.40. The zero-order valence-electron chi connectivity index (χ0n) is 8.69. The molecular weight excluding hydrogens is 176 g/mol. The number of carbonyl (C=O) groups is 1. The molecule has 0 fully saturated rings. The van der Waals surface area contributed by atoms with Crippen LogP contribution in [0.5, 0.6) is 0 Å². The Balaban J connectivity index is 2.87. The smallest absolute Gasteiger partial charge is 0.190 e. The van der Waals surface area contributed by atoms with Crippen molar-refractivity contribution in [2.24, 2.45) is 0 Å². The van der Waals surface area contributed by atoms with E-state index in [1.807, 2.05) is 32.1 Å². The number of carbonyl (C=O) groups excluding carboxylic acids is 1. The van der Waals surface area contributed by atoms with Gasteiger partial charge in [0.25, 0.3) is 0 Å². The van der Waals surface area contributed by atoms with Gasteiger partial charge < -0.3 is 4.90 Å². The van der Waals surface area contributed by atoms with Crippen LogP contribution < -0.4 is 0 Å². The van der Waals surface area contributed by atoms with Crippen LogP contribution in [0.1, 0.15) is 17.3 Å². The van der Waals surface area contributed by atoms with Crippen molar-refractivity contribution in [3.63, 3.8) is 0 Å². The Morgan fingerprint density at radius 3 is 2.43 bits per heavy atom. The van der Waals surface area contributed by atoms with Crippen LogP contribution in [0.2, 0.25) is 0 Å². The normalized spacial score (nSPS) is 11.2. The maximum atomic E-state index is 11.8. The van der Waals surface area contributed by atoms with Crippen molar-refractivity contribution in [2.75, 3.05) is 14.1 Å². The first-order valence-electron chi connectivity index (χ1n) is 4.41. The summed E-state index contributed by atoms with van der Waals surface area (Å²) in [6, 6.07) is 3.44. The molecule has 0 bridgehead atoms. The number of rotatable bonds is 3. The quantitative estimate of drug-likeness (QED) is 0.537. The highest BCUT2D eigenvalue weighted by Crippen LogP contribution is 2.06. The van der Waals surface area contributed by atoms with E-state index in [2.05, 4.69) is 4.98 Å². The fraction of sp³-hybridized carbons (Fsp3) is 0.273. The van der Waals surface area contributed by atoms with Crippen LogP contribution in [-0.2, 0) is 0 Å². The third kappa shape index (κ3) is 2.69. The zero-order valence-corrected chi connectivity index (χ0v) is 8.69. The maximum Gasteiger partial charge on any atom is 0.190 e. The average Bonchev–Trinajstić information content (AvgIpc) is 2.17. The van der Waals surface area contributed by atoms with Gasteiger partial charge in [0.1, 0.15) is 0 Å². The van der Waals surface area contributed by atoms with Gasteiger partial charge in [-0.25, -0.2) is 0 Å². The molecule has 0 spiro atoms. The lowest BCUT2D eigenvalue weighted by molar-refractivity contribution is 0.103. The highest BCUT2D eigenvalue weighted by atomic mass is 16.1. The molecule has 0 atom stereocenters. The summed E-state index contributed by atoms with van der Waals surface area (Å²) >= 11 is 0. The summed E-state index contributed by atoms with van der Waals surface area (Å²) in [4.78, 5) is 17.5. The fourth-order valence-corrected chi connectivity index (χ4v) is 1.18. The molecule has 0 radical (unpaired) electrons. The van der Waals surface area contributed by atoms with Crippen molar-refractivity contribution in [3.8, 4) is 0 Å². The Labute approximate surface area is 84.1 Å². The average molecular weight is 190 g/mol. The van der Waals surface area contributed by atoms with Gasteiger partial charge in [-0.15, -0.1) is 0 Å². The number of hydrogen-bond acceptors (Lipinski definition) is 3. The molecule has 0 saturated carbocycles. The van der Waals surface area contributed by atoms with E-state index in [1.165, 1.54) is 0 Å². The standard InChI is InChI=1S/C11H14N2O/c1-9(8-13(2)3)11(14)10-4-6-12-7-5-10/h4-8H,1-3H3/b9-8+. The van der Waals surface area contributed by atoms with E-state index in [9.17, 15) is 4.79 Å². The molecule has 0 aromatic carbocycles. The summed E-state index contributed by atoms with van der Waals surface area (Å²) in [6.07, 6.45) is 5.05. The minimum Gasteiger partial charge on any atom is -0.383 e. The first-order valence-corrected chi connectivity index (χ1v) is 4.41. The lowest BCUT2D eigenvalue weighted by Crippen LogP contribution is -2.07. The summed E-state index contributed by atoms with van der Waals surface area (Å²) < 4.78 is 0. The van der Waals surface area contributed by atoms with Crippen LogP contribution in [0.15, 0.2) is 36.3 Å². The third-order valence-electron chi connectivity index (χ3n) is 1.75. The number of ketones is 1. The predicted molar refractivity (Wildman–Crippen MR) is 56.0 cm³/mol. The lowest BCUT2D eigenvalue weighted by Gasteiger charge is -2.07. The van der Waals surface area contributed by atoms with Gasteiger partial charge in [-0.3, -0.25) is 9.78 Å². The zero-order chi connectivity index (χ0) is 10.6. The molecule has 0 aliphatic heterocycles. The molecule has 3 heteroatoms. The number of aromatic nitrogens is 1. The van der Waals surface area contributed by atoms with Crippen LogP contribution in [0.25, 0.3) is 0 Å². The molecule has 74 valence electrons. The van der Waals surface area contributed by atoms with Crippen molar-refractivity contribution >= 4 is 5.78 Å². The van der Waals surface area contributed by atoms with E-state index in [0.717, 1.165) is 5.57 Å². The molecule has 0 unspecified atom stereocenters. The molecule has 1 rings (SSSR count). The van der Waals surface area contributed by atoms with Gasteiger partial charge in [0.05, 0.1) is 0 Å². The topological polar surface area (TPSA) is 33.2 Å². The van der Waals surface area contributed by atoms with E-state index in [1.54, 1.807) is 24.5 Å². The number of allylic oxidation sites excluding steroid dienone is 1. The minimum absolute atomic E-state index is 0.0427. The van der Waals surface area contributed by atoms with Gasteiger partial charge in [-0.2, -0.15) is 0 Å². The minimum atomic E-state index is 0.0427. The second kappa shape index (κ2) is 4.56. The van der Waals surface area contributed by atoms with Crippen LogP contribution in [-0.4, -0.2) is 29.8 Å². The third-order valence-corrected chi connectivity index (χ3v) is 1.75. The van der Waals surface area contributed by atoms with Crippen molar-refractivity contribution in [1.82, 2.24) is 9.88 Å². The van der Waals surface area contributed by atoms with E-state index in [0.29, 0.717) is 5.56 Å². The number of nitrogens with zero attached hydrogens (tertiary/aromatic N) is 2. The summed E-state index contributed by atoms with van der Waals surface area (Å²) in [5, 5.41) is 0. The van der Waals surface area contributed by atoms with E-state index in [4.69, 9.17) is 0 Å². The van der Waals surface area contributed by atoms with Crippen molar-refractivity contribution in [3.05, 3.63) is 41.9 Å². The SMILES string of the molecule is C/C(=C\N(C)C)C(=O)c1ccncc1. The van der Waals surface area contributed by atoms with Gasteiger partial charge in [-0.1, -0.05) is 0 Å². The van der Waals surface area contributed by atoms with Crippen molar-refractivity contribution < 1.29 is 4.79 Å². The van der Waals surface area contributed by atoms with E-state index < -0.39 is 0 Å².